The highest BCUT2D eigenvalue weighted by atomic mass is 16.3. The number of allylic oxidation sites excluding steroid dienone is 7. The van der Waals surface area contributed by atoms with Crippen LogP contribution in [-0.4, -0.2) is 34.9 Å². The molecule has 0 saturated heterocycles. The zero-order valence-corrected chi connectivity index (χ0v) is 39.1. The molecule has 0 fully saturated rings. The van der Waals surface area contributed by atoms with Crippen LogP contribution in [0.3, 0.4) is 0 Å². The molecule has 0 saturated carbocycles. The van der Waals surface area contributed by atoms with Crippen LogP contribution in [0.25, 0.3) is 0 Å². The first-order chi connectivity index (χ1) is 28.7. The second kappa shape index (κ2) is 49.7. The Morgan fingerprint density at radius 2 is 0.724 bits per heavy atom. The lowest BCUT2D eigenvalue weighted by Gasteiger charge is -2.19. The van der Waals surface area contributed by atoms with Crippen molar-refractivity contribution in [1.82, 2.24) is 5.32 Å². The second-order valence-electron chi connectivity index (χ2n) is 17.6. The topological polar surface area (TPSA) is 69.6 Å². The summed E-state index contributed by atoms with van der Waals surface area (Å²) >= 11 is 0. The van der Waals surface area contributed by atoms with Crippen molar-refractivity contribution in [1.29, 1.82) is 0 Å². The highest BCUT2D eigenvalue weighted by molar-refractivity contribution is 5.76. The summed E-state index contributed by atoms with van der Waals surface area (Å²) < 4.78 is 0. The van der Waals surface area contributed by atoms with Crippen LogP contribution in [0.2, 0.25) is 0 Å². The summed E-state index contributed by atoms with van der Waals surface area (Å²) in [5.74, 6) is -0.0809. The third-order valence-electron chi connectivity index (χ3n) is 11.8. The lowest BCUT2D eigenvalue weighted by molar-refractivity contribution is -0.123. The van der Waals surface area contributed by atoms with Crippen LogP contribution in [0, 0.1) is 0 Å². The van der Waals surface area contributed by atoms with Gasteiger partial charge in [0.15, 0.2) is 0 Å². The van der Waals surface area contributed by atoms with E-state index in [-0.39, 0.29) is 12.5 Å². The van der Waals surface area contributed by atoms with Gasteiger partial charge in [-0.05, 0) is 64.2 Å². The monoisotopic (exact) mass is 812 g/mol. The largest absolute Gasteiger partial charge is 0.394 e. The van der Waals surface area contributed by atoms with Crippen molar-refractivity contribution in [3.05, 3.63) is 48.6 Å². The van der Waals surface area contributed by atoms with Crippen LogP contribution in [0.4, 0.5) is 0 Å². The van der Waals surface area contributed by atoms with Gasteiger partial charge in [0.05, 0.1) is 18.8 Å². The van der Waals surface area contributed by atoms with E-state index in [1.165, 1.54) is 205 Å². The molecule has 0 spiro atoms. The number of rotatable bonds is 47. The Labute approximate surface area is 363 Å². The van der Waals surface area contributed by atoms with Crippen LogP contribution < -0.4 is 5.32 Å². The molecule has 2 unspecified atom stereocenters. The van der Waals surface area contributed by atoms with E-state index < -0.39 is 12.1 Å². The fourth-order valence-corrected chi connectivity index (χ4v) is 7.81. The molecular formula is C54H101NO3. The lowest BCUT2D eigenvalue weighted by Crippen LogP contribution is -2.45. The van der Waals surface area contributed by atoms with Crippen molar-refractivity contribution in [3.8, 4) is 0 Å². The SMILES string of the molecule is CCCCC/C=C\C/C=C\CCCCCCCCCC(=O)NC(CO)C(O)/C=C/CC/C=C/CCCCCCCCCCCCCCCCCCCCCCCCC. The van der Waals surface area contributed by atoms with Gasteiger partial charge >= 0.3 is 0 Å². The Bertz CT molecular complexity index is 923. The zero-order chi connectivity index (χ0) is 42.1. The first-order valence-electron chi connectivity index (χ1n) is 25.9. The molecule has 0 aromatic heterocycles. The maximum absolute atomic E-state index is 12.4. The molecule has 340 valence electrons. The van der Waals surface area contributed by atoms with Crippen molar-refractivity contribution >= 4 is 5.91 Å². The zero-order valence-electron chi connectivity index (χ0n) is 39.1. The van der Waals surface area contributed by atoms with E-state index in [9.17, 15) is 15.0 Å². The molecule has 0 rings (SSSR count). The molecule has 3 N–H and O–H groups in total. The number of aliphatic hydroxyl groups excluding tert-OH is 2. The highest BCUT2D eigenvalue weighted by Crippen LogP contribution is 2.16. The predicted molar refractivity (Wildman–Crippen MR) is 258 cm³/mol. The fourth-order valence-electron chi connectivity index (χ4n) is 7.81. The van der Waals surface area contributed by atoms with Crippen LogP contribution >= 0.6 is 0 Å². The van der Waals surface area contributed by atoms with E-state index in [1.54, 1.807) is 6.08 Å². The van der Waals surface area contributed by atoms with E-state index in [0.29, 0.717) is 6.42 Å². The average Bonchev–Trinajstić information content (AvgIpc) is 3.23. The van der Waals surface area contributed by atoms with Gasteiger partial charge in [0, 0.05) is 6.42 Å². The Balaban J connectivity index is 3.54. The first-order valence-corrected chi connectivity index (χ1v) is 25.9. The number of carbonyl (C=O) groups excluding carboxylic acids is 1. The van der Waals surface area contributed by atoms with Crippen LogP contribution in [0.5, 0.6) is 0 Å². The summed E-state index contributed by atoms with van der Waals surface area (Å²) in [6.07, 6.45) is 68.3. The molecule has 2 atom stereocenters. The minimum absolute atomic E-state index is 0.0809. The number of amides is 1. The van der Waals surface area contributed by atoms with Crippen molar-refractivity contribution in [2.75, 3.05) is 6.61 Å². The predicted octanol–water partition coefficient (Wildman–Crippen LogP) is 16.7. The molecule has 0 radical (unpaired) electrons. The Kier molecular flexibility index (Phi) is 48.3. The molecule has 0 aliphatic carbocycles. The molecule has 1 amide bonds. The molecule has 58 heavy (non-hydrogen) atoms. The standard InChI is InChI=1S/C54H101NO3/c1-3-5-7-9-11-13-15-17-19-21-22-23-24-25-26-27-28-29-30-31-32-34-35-37-39-41-43-45-47-49-53(57)52(51-56)55-54(58)50-48-46-44-42-40-38-36-33-20-18-16-14-12-10-8-6-4-2/h12,14,18,20,39,41,47,49,52-53,56-57H,3-11,13,15-17,19,21-38,40,42-46,48,50-51H2,1-2H3,(H,55,58)/b14-12-,20-18-,41-39+,49-47+. The number of nitrogens with one attached hydrogen (secondary N) is 1. The Morgan fingerprint density at radius 1 is 0.414 bits per heavy atom. The van der Waals surface area contributed by atoms with Crippen molar-refractivity contribution in [3.63, 3.8) is 0 Å². The second-order valence-corrected chi connectivity index (χ2v) is 17.6. The summed E-state index contributed by atoms with van der Waals surface area (Å²) in [6.45, 7) is 4.29. The lowest BCUT2D eigenvalue weighted by atomic mass is 10.0. The number of hydrogen-bond donors (Lipinski definition) is 3. The maximum atomic E-state index is 12.4. The highest BCUT2D eigenvalue weighted by Gasteiger charge is 2.17. The summed E-state index contributed by atoms with van der Waals surface area (Å²) in [5, 5.41) is 23.1. The van der Waals surface area contributed by atoms with E-state index in [1.807, 2.05) is 6.08 Å². The summed E-state index contributed by atoms with van der Waals surface area (Å²) in [4.78, 5) is 12.4. The van der Waals surface area contributed by atoms with Crippen LogP contribution in [0.15, 0.2) is 48.6 Å². The van der Waals surface area contributed by atoms with Crippen molar-refractivity contribution in [2.45, 2.75) is 283 Å². The van der Waals surface area contributed by atoms with Crippen molar-refractivity contribution < 1.29 is 15.0 Å². The van der Waals surface area contributed by atoms with Gasteiger partial charge in [-0.25, -0.2) is 0 Å². The van der Waals surface area contributed by atoms with Gasteiger partial charge in [-0.1, -0.05) is 249 Å². The van der Waals surface area contributed by atoms with E-state index in [2.05, 4.69) is 55.6 Å². The Hall–Kier alpha value is -1.65. The van der Waals surface area contributed by atoms with Gasteiger partial charge in [-0.3, -0.25) is 4.79 Å². The molecule has 4 heteroatoms. The molecule has 0 aromatic rings. The molecule has 0 bridgehead atoms. The third kappa shape index (κ3) is 45.4. The minimum atomic E-state index is -0.867. The number of carbonyl (C=O) groups is 1. The number of hydrogen-bond acceptors (Lipinski definition) is 3. The summed E-state index contributed by atoms with van der Waals surface area (Å²) in [5.41, 5.74) is 0. The number of aliphatic hydroxyl groups is 2. The van der Waals surface area contributed by atoms with Crippen LogP contribution in [0.1, 0.15) is 271 Å². The normalized spacial score (nSPS) is 13.2. The van der Waals surface area contributed by atoms with Crippen LogP contribution in [-0.2, 0) is 4.79 Å². The molecular weight excluding hydrogens is 711 g/mol. The molecule has 0 aliphatic rings. The smallest absolute Gasteiger partial charge is 0.220 e. The first kappa shape index (κ1) is 56.4. The Morgan fingerprint density at radius 3 is 1.14 bits per heavy atom. The van der Waals surface area contributed by atoms with Gasteiger partial charge in [-0.15, -0.1) is 0 Å². The van der Waals surface area contributed by atoms with Gasteiger partial charge in [0.25, 0.3) is 0 Å². The minimum Gasteiger partial charge on any atom is -0.394 e. The van der Waals surface area contributed by atoms with Gasteiger partial charge < -0.3 is 15.5 Å². The fraction of sp³-hybridized carbons (Fsp3) is 0.833. The molecule has 4 nitrogen and oxygen atoms in total. The summed E-state index contributed by atoms with van der Waals surface area (Å²) in [6, 6.07) is -0.644. The molecule has 0 heterocycles. The average molecular weight is 812 g/mol. The van der Waals surface area contributed by atoms with E-state index in [4.69, 9.17) is 0 Å². The van der Waals surface area contributed by atoms with Crippen molar-refractivity contribution in [2.24, 2.45) is 0 Å². The van der Waals surface area contributed by atoms with E-state index in [0.717, 1.165) is 44.9 Å². The van der Waals surface area contributed by atoms with Gasteiger partial charge in [0.1, 0.15) is 0 Å². The van der Waals surface area contributed by atoms with Gasteiger partial charge in [0.2, 0.25) is 5.91 Å². The quantitative estimate of drug-likeness (QED) is 0.0423. The van der Waals surface area contributed by atoms with Gasteiger partial charge in [-0.2, -0.15) is 0 Å². The maximum Gasteiger partial charge on any atom is 0.220 e. The third-order valence-corrected chi connectivity index (χ3v) is 11.8. The molecule has 0 aliphatic heterocycles. The summed E-state index contributed by atoms with van der Waals surface area (Å²) in [7, 11) is 0. The van der Waals surface area contributed by atoms with E-state index >= 15 is 0 Å². The number of unbranched alkanes of at least 4 members (excludes halogenated alkanes) is 34. The molecule has 0 aromatic carbocycles.